The molecule has 5 heteroatoms. The van der Waals surface area contributed by atoms with Crippen LogP contribution in [0, 0.1) is 0 Å². The Morgan fingerprint density at radius 2 is 1.83 bits per heavy atom. The molecule has 1 rings (SSSR count). The van der Waals surface area contributed by atoms with Gasteiger partial charge < -0.3 is 5.32 Å². The van der Waals surface area contributed by atoms with Crippen LogP contribution < -0.4 is 10.7 Å². The van der Waals surface area contributed by atoms with Crippen molar-refractivity contribution < 1.29 is 9.59 Å². The monoisotopic (exact) mass is 315 g/mol. The van der Waals surface area contributed by atoms with Gasteiger partial charge in [-0.15, -0.1) is 6.58 Å². The Balaban J connectivity index is 2.60. The molecule has 0 atom stereocenters. The molecule has 0 bridgehead atoms. The van der Waals surface area contributed by atoms with Crippen molar-refractivity contribution in [2.24, 2.45) is 5.10 Å². The molecule has 0 aromatic heterocycles. The van der Waals surface area contributed by atoms with E-state index in [-0.39, 0.29) is 23.7 Å². The minimum Gasteiger partial charge on any atom is -0.352 e. The predicted octanol–water partition coefficient (Wildman–Crippen LogP) is 2.78. The standard InChI is InChI=1S/C18H25N3O2/c1-6-11-19-16(22)12-13(2)20-21-17(23)14-7-9-15(10-8-14)18(3,4)5/h6-10H,1,11-12H2,2-5H3,(H,19,22)(H,21,23). The molecule has 5 nitrogen and oxygen atoms in total. The SMILES string of the molecule is C=CCNC(=O)CC(C)=NNC(=O)c1ccc(C(C)(C)C)cc1. The molecule has 124 valence electrons. The van der Waals surface area contributed by atoms with Gasteiger partial charge in [0.2, 0.25) is 5.91 Å². The quantitative estimate of drug-likeness (QED) is 0.481. The first-order chi connectivity index (χ1) is 10.7. The van der Waals surface area contributed by atoms with Gasteiger partial charge in [0.05, 0.1) is 6.42 Å². The average Bonchev–Trinajstić information content (AvgIpc) is 2.49. The normalized spacial score (nSPS) is 11.7. The van der Waals surface area contributed by atoms with Crippen molar-refractivity contribution in [2.75, 3.05) is 6.54 Å². The number of carbonyl (C=O) groups excluding carboxylic acids is 2. The van der Waals surface area contributed by atoms with E-state index in [1.807, 2.05) is 12.1 Å². The number of nitrogens with one attached hydrogen (secondary N) is 2. The van der Waals surface area contributed by atoms with E-state index in [9.17, 15) is 9.59 Å². The summed E-state index contributed by atoms with van der Waals surface area (Å²) in [6.07, 6.45) is 1.74. The number of carbonyl (C=O) groups is 2. The Bertz CT molecular complexity index is 596. The molecule has 2 N–H and O–H groups in total. The van der Waals surface area contributed by atoms with Crippen LogP contribution in [-0.2, 0) is 10.2 Å². The van der Waals surface area contributed by atoms with Crippen molar-refractivity contribution in [3.05, 3.63) is 48.0 Å². The van der Waals surface area contributed by atoms with Crippen LogP contribution in [0.15, 0.2) is 42.0 Å². The second-order valence-corrected chi connectivity index (χ2v) is 6.38. The maximum Gasteiger partial charge on any atom is 0.271 e. The van der Waals surface area contributed by atoms with Crippen LogP contribution in [0.4, 0.5) is 0 Å². The molecule has 0 saturated carbocycles. The molecule has 0 saturated heterocycles. The van der Waals surface area contributed by atoms with Crippen molar-refractivity contribution >= 4 is 17.5 Å². The van der Waals surface area contributed by atoms with Gasteiger partial charge in [0, 0.05) is 17.8 Å². The lowest BCUT2D eigenvalue weighted by atomic mass is 9.87. The molecule has 0 aliphatic heterocycles. The van der Waals surface area contributed by atoms with Gasteiger partial charge in [-0.3, -0.25) is 9.59 Å². The Kier molecular flexibility index (Phi) is 6.69. The fraction of sp³-hybridized carbons (Fsp3) is 0.389. The fourth-order valence-electron chi connectivity index (χ4n) is 1.85. The largest absolute Gasteiger partial charge is 0.352 e. The Labute approximate surface area is 137 Å². The zero-order valence-corrected chi connectivity index (χ0v) is 14.3. The maximum atomic E-state index is 12.0. The molecule has 0 unspecified atom stereocenters. The minimum atomic E-state index is -0.295. The van der Waals surface area contributed by atoms with E-state index in [1.165, 1.54) is 0 Å². The molecule has 0 spiro atoms. The van der Waals surface area contributed by atoms with E-state index in [4.69, 9.17) is 0 Å². The second kappa shape index (κ2) is 8.27. The molecular formula is C18H25N3O2. The van der Waals surface area contributed by atoms with Crippen LogP contribution >= 0.6 is 0 Å². The topological polar surface area (TPSA) is 70.6 Å². The van der Waals surface area contributed by atoms with Crippen LogP contribution in [0.2, 0.25) is 0 Å². The highest BCUT2D eigenvalue weighted by Crippen LogP contribution is 2.22. The zero-order valence-electron chi connectivity index (χ0n) is 14.3. The van der Waals surface area contributed by atoms with E-state index < -0.39 is 0 Å². The van der Waals surface area contributed by atoms with E-state index in [0.29, 0.717) is 17.8 Å². The number of benzene rings is 1. The summed E-state index contributed by atoms with van der Waals surface area (Å²) >= 11 is 0. The lowest BCUT2D eigenvalue weighted by Crippen LogP contribution is -2.26. The summed E-state index contributed by atoms with van der Waals surface area (Å²) in [5.74, 6) is -0.453. The van der Waals surface area contributed by atoms with Crippen molar-refractivity contribution in [1.82, 2.24) is 10.7 Å². The van der Waals surface area contributed by atoms with Crippen molar-refractivity contribution in [2.45, 2.75) is 39.5 Å². The van der Waals surface area contributed by atoms with E-state index in [2.05, 4.69) is 43.2 Å². The highest BCUT2D eigenvalue weighted by atomic mass is 16.2. The van der Waals surface area contributed by atoms with Gasteiger partial charge in [0.25, 0.3) is 5.91 Å². The molecule has 0 aliphatic carbocycles. The summed E-state index contributed by atoms with van der Waals surface area (Å²) in [6, 6.07) is 7.43. The number of hydrazone groups is 1. The smallest absolute Gasteiger partial charge is 0.271 e. The van der Waals surface area contributed by atoms with Crippen molar-refractivity contribution in [3.8, 4) is 0 Å². The molecular weight excluding hydrogens is 290 g/mol. The van der Waals surface area contributed by atoms with Gasteiger partial charge in [-0.05, 0) is 30.0 Å². The van der Waals surface area contributed by atoms with Crippen LogP contribution in [0.3, 0.4) is 0 Å². The van der Waals surface area contributed by atoms with Crippen LogP contribution in [0.5, 0.6) is 0 Å². The Hall–Kier alpha value is -2.43. The first-order valence-corrected chi connectivity index (χ1v) is 7.55. The molecule has 0 fully saturated rings. The predicted molar refractivity (Wildman–Crippen MR) is 93.5 cm³/mol. The third-order valence-electron chi connectivity index (χ3n) is 3.22. The molecule has 0 aliphatic rings. The van der Waals surface area contributed by atoms with Gasteiger partial charge in [-0.25, -0.2) is 5.43 Å². The van der Waals surface area contributed by atoms with Crippen LogP contribution in [0.1, 0.15) is 50.0 Å². The van der Waals surface area contributed by atoms with Crippen molar-refractivity contribution in [3.63, 3.8) is 0 Å². The summed E-state index contributed by atoms with van der Waals surface area (Å²) in [6.45, 7) is 12.0. The van der Waals surface area contributed by atoms with Gasteiger partial charge in [0.15, 0.2) is 0 Å². The fourth-order valence-corrected chi connectivity index (χ4v) is 1.85. The Morgan fingerprint density at radius 3 is 2.35 bits per heavy atom. The zero-order chi connectivity index (χ0) is 17.5. The summed E-state index contributed by atoms with van der Waals surface area (Å²) in [7, 11) is 0. The number of hydrogen-bond donors (Lipinski definition) is 2. The number of rotatable bonds is 6. The third kappa shape index (κ3) is 6.46. The van der Waals surface area contributed by atoms with Gasteiger partial charge in [-0.2, -0.15) is 5.10 Å². The van der Waals surface area contributed by atoms with Crippen molar-refractivity contribution in [1.29, 1.82) is 0 Å². The van der Waals surface area contributed by atoms with Gasteiger partial charge in [0.1, 0.15) is 0 Å². The average molecular weight is 315 g/mol. The van der Waals surface area contributed by atoms with E-state index in [0.717, 1.165) is 5.56 Å². The van der Waals surface area contributed by atoms with Crippen LogP contribution in [0.25, 0.3) is 0 Å². The maximum absolute atomic E-state index is 12.0. The molecule has 1 aromatic rings. The number of amides is 2. The first kappa shape index (κ1) is 18.6. The molecule has 0 radical (unpaired) electrons. The lowest BCUT2D eigenvalue weighted by molar-refractivity contribution is -0.119. The molecule has 2 amide bonds. The number of nitrogens with zero attached hydrogens (tertiary/aromatic N) is 1. The summed E-state index contributed by atoms with van der Waals surface area (Å²) < 4.78 is 0. The van der Waals surface area contributed by atoms with Gasteiger partial charge >= 0.3 is 0 Å². The van der Waals surface area contributed by atoms with Gasteiger partial charge in [-0.1, -0.05) is 39.0 Å². The highest BCUT2D eigenvalue weighted by Gasteiger charge is 2.14. The van der Waals surface area contributed by atoms with E-state index in [1.54, 1.807) is 25.1 Å². The third-order valence-corrected chi connectivity index (χ3v) is 3.22. The Morgan fingerprint density at radius 1 is 1.22 bits per heavy atom. The highest BCUT2D eigenvalue weighted by molar-refractivity contribution is 6.01. The second-order valence-electron chi connectivity index (χ2n) is 6.38. The number of hydrogen-bond acceptors (Lipinski definition) is 3. The molecule has 1 aromatic carbocycles. The summed E-state index contributed by atoms with van der Waals surface area (Å²) in [5, 5.41) is 6.60. The first-order valence-electron chi connectivity index (χ1n) is 7.55. The molecule has 23 heavy (non-hydrogen) atoms. The lowest BCUT2D eigenvalue weighted by Gasteiger charge is -2.18. The summed E-state index contributed by atoms with van der Waals surface area (Å²) in [4.78, 5) is 23.5. The molecule has 0 heterocycles. The minimum absolute atomic E-state index is 0.0442. The van der Waals surface area contributed by atoms with Crippen LogP contribution in [-0.4, -0.2) is 24.1 Å². The summed E-state index contributed by atoms with van der Waals surface area (Å²) in [5.41, 5.74) is 4.74. The van der Waals surface area contributed by atoms with E-state index >= 15 is 0 Å².